The number of hydrogen-bond acceptors (Lipinski definition) is 6. The highest BCUT2D eigenvalue weighted by molar-refractivity contribution is 7.17. The summed E-state index contributed by atoms with van der Waals surface area (Å²) in [4.78, 5) is 34.3. The maximum absolute atomic E-state index is 13.1. The van der Waals surface area contributed by atoms with Crippen molar-refractivity contribution < 1.29 is 14.3 Å². The molecule has 8 heteroatoms. The third-order valence-corrected chi connectivity index (χ3v) is 6.63. The number of piperidine rings is 2. The number of rotatable bonds is 5. The van der Waals surface area contributed by atoms with Gasteiger partial charge in [0.05, 0.1) is 12.3 Å². The molecule has 1 spiro atoms. The number of aryl methyl sites for hydroxylation is 1. The van der Waals surface area contributed by atoms with Crippen molar-refractivity contribution in [3.63, 3.8) is 0 Å². The second-order valence-corrected chi connectivity index (χ2v) is 8.32. The lowest BCUT2D eigenvalue weighted by atomic mass is 9.73. The van der Waals surface area contributed by atoms with Crippen LogP contribution in [0.25, 0.3) is 0 Å². The van der Waals surface area contributed by atoms with Gasteiger partial charge in [0.25, 0.3) is 5.91 Å². The Morgan fingerprint density at radius 1 is 1.38 bits per heavy atom. The fourth-order valence-corrected chi connectivity index (χ4v) is 4.96. The van der Waals surface area contributed by atoms with Gasteiger partial charge in [0.2, 0.25) is 5.91 Å². The van der Waals surface area contributed by atoms with Crippen molar-refractivity contribution in [1.29, 1.82) is 0 Å². The zero-order chi connectivity index (χ0) is 18.7. The summed E-state index contributed by atoms with van der Waals surface area (Å²) >= 11 is 1.41. The third kappa shape index (κ3) is 3.86. The first kappa shape index (κ1) is 19.1. The lowest BCUT2D eigenvalue weighted by Crippen LogP contribution is -2.55. The molecule has 1 aromatic heterocycles. The Hall–Kier alpha value is -1.67. The van der Waals surface area contributed by atoms with Crippen LogP contribution in [0.15, 0.2) is 0 Å². The number of nitrogens with zero attached hydrogens (tertiary/aromatic N) is 3. The molecule has 2 aliphatic heterocycles. The molecular weight excluding hydrogens is 352 g/mol. The fourth-order valence-electron chi connectivity index (χ4n) is 4.07. The standard InChI is InChI=1S/C18H28N4O3S/c1-13-15(26-17(19-2)20-13)16(24)22-8-4-6-18(12-22)7-5-14(23)21(11-18)9-10-25-3/h4-12H2,1-3H3,(H,19,20)/t18-/m0/s1. The van der Waals surface area contributed by atoms with Crippen molar-refractivity contribution in [2.24, 2.45) is 5.41 Å². The van der Waals surface area contributed by atoms with E-state index in [0.717, 1.165) is 54.6 Å². The maximum Gasteiger partial charge on any atom is 0.265 e. The molecule has 3 rings (SSSR count). The van der Waals surface area contributed by atoms with E-state index in [2.05, 4.69) is 10.3 Å². The first-order valence-electron chi connectivity index (χ1n) is 9.19. The number of carbonyl (C=O) groups is 2. The predicted octanol–water partition coefficient (Wildman–Crippen LogP) is 1.98. The smallest absolute Gasteiger partial charge is 0.265 e. The van der Waals surface area contributed by atoms with Crippen molar-refractivity contribution >= 4 is 28.3 Å². The number of carbonyl (C=O) groups excluding carboxylic acids is 2. The Labute approximate surface area is 158 Å². The first-order chi connectivity index (χ1) is 12.5. The summed E-state index contributed by atoms with van der Waals surface area (Å²) < 4.78 is 5.14. The van der Waals surface area contributed by atoms with E-state index in [0.29, 0.717) is 19.6 Å². The lowest BCUT2D eigenvalue weighted by Gasteiger charge is -2.48. The molecule has 1 aromatic rings. The molecular formula is C18H28N4O3S. The molecule has 0 aliphatic carbocycles. The summed E-state index contributed by atoms with van der Waals surface area (Å²) in [5.74, 6) is 0.272. The molecule has 3 heterocycles. The molecule has 7 nitrogen and oxygen atoms in total. The summed E-state index contributed by atoms with van der Waals surface area (Å²) in [5, 5.41) is 3.78. The van der Waals surface area contributed by atoms with Gasteiger partial charge in [-0.3, -0.25) is 9.59 Å². The van der Waals surface area contributed by atoms with Crippen molar-refractivity contribution in [2.75, 3.05) is 52.3 Å². The SMILES string of the molecule is CNc1nc(C)c(C(=O)N2CCC[C@@]3(CCC(=O)N(CCOC)C3)C2)s1. The number of likely N-dealkylation sites (tertiary alicyclic amines) is 2. The van der Waals surface area contributed by atoms with E-state index in [1.807, 2.05) is 23.8 Å². The molecule has 1 N–H and O–H groups in total. The van der Waals surface area contributed by atoms with Gasteiger partial charge in [-0.1, -0.05) is 11.3 Å². The zero-order valence-electron chi connectivity index (χ0n) is 15.8. The number of nitrogens with one attached hydrogen (secondary N) is 1. The average Bonchev–Trinajstić information content (AvgIpc) is 3.03. The van der Waals surface area contributed by atoms with Crippen LogP contribution in [-0.4, -0.2) is 73.5 Å². The Morgan fingerprint density at radius 2 is 2.19 bits per heavy atom. The number of aromatic nitrogens is 1. The van der Waals surface area contributed by atoms with Crippen molar-refractivity contribution in [1.82, 2.24) is 14.8 Å². The topological polar surface area (TPSA) is 74.8 Å². The van der Waals surface area contributed by atoms with E-state index in [1.54, 1.807) is 7.11 Å². The van der Waals surface area contributed by atoms with Gasteiger partial charge in [0.1, 0.15) is 4.88 Å². The van der Waals surface area contributed by atoms with Crippen molar-refractivity contribution in [2.45, 2.75) is 32.6 Å². The number of ether oxygens (including phenoxy) is 1. The number of anilines is 1. The van der Waals surface area contributed by atoms with Crippen LogP contribution in [0.5, 0.6) is 0 Å². The second kappa shape index (κ2) is 7.92. The van der Waals surface area contributed by atoms with Crippen LogP contribution in [0.1, 0.15) is 41.0 Å². The summed E-state index contributed by atoms with van der Waals surface area (Å²) in [6, 6.07) is 0. The van der Waals surface area contributed by atoms with E-state index >= 15 is 0 Å². The van der Waals surface area contributed by atoms with Crippen molar-refractivity contribution in [3.05, 3.63) is 10.6 Å². The van der Waals surface area contributed by atoms with Gasteiger partial charge >= 0.3 is 0 Å². The summed E-state index contributed by atoms with van der Waals surface area (Å²) in [7, 11) is 3.47. The molecule has 0 bridgehead atoms. The first-order valence-corrected chi connectivity index (χ1v) is 10.0. The van der Waals surface area contributed by atoms with Gasteiger partial charge in [-0.2, -0.15) is 0 Å². The van der Waals surface area contributed by atoms with Crippen LogP contribution in [0, 0.1) is 12.3 Å². The lowest BCUT2D eigenvalue weighted by molar-refractivity contribution is -0.139. The van der Waals surface area contributed by atoms with Crippen LogP contribution in [0.4, 0.5) is 5.13 Å². The molecule has 0 radical (unpaired) electrons. The number of thiazole rings is 1. The third-order valence-electron chi connectivity index (χ3n) is 5.47. The quantitative estimate of drug-likeness (QED) is 0.845. The molecule has 2 aliphatic rings. The number of methoxy groups -OCH3 is 1. The molecule has 0 saturated carbocycles. The molecule has 2 fully saturated rings. The second-order valence-electron chi connectivity index (χ2n) is 7.32. The zero-order valence-corrected chi connectivity index (χ0v) is 16.7. The van der Waals surface area contributed by atoms with Crippen molar-refractivity contribution in [3.8, 4) is 0 Å². The molecule has 2 saturated heterocycles. The fraction of sp³-hybridized carbons (Fsp3) is 0.722. The molecule has 0 unspecified atom stereocenters. The average molecular weight is 381 g/mol. The Morgan fingerprint density at radius 3 is 2.88 bits per heavy atom. The van der Waals surface area contributed by atoms with Crippen LogP contribution in [0.2, 0.25) is 0 Å². The van der Waals surface area contributed by atoms with Gasteiger partial charge in [-0.05, 0) is 26.2 Å². The van der Waals surface area contributed by atoms with E-state index < -0.39 is 0 Å². The van der Waals surface area contributed by atoms with Gasteiger partial charge in [-0.15, -0.1) is 0 Å². The summed E-state index contributed by atoms with van der Waals surface area (Å²) in [6.07, 6.45) is 3.48. The minimum atomic E-state index is 0.0139. The molecule has 2 amide bonds. The Kier molecular flexibility index (Phi) is 5.82. The Bertz CT molecular complexity index is 677. The van der Waals surface area contributed by atoms with Crippen LogP contribution in [-0.2, 0) is 9.53 Å². The van der Waals surface area contributed by atoms with Gasteiger partial charge in [0, 0.05) is 52.2 Å². The molecule has 144 valence electrons. The van der Waals surface area contributed by atoms with Crippen LogP contribution in [0.3, 0.4) is 0 Å². The van der Waals surface area contributed by atoms with E-state index in [1.165, 1.54) is 11.3 Å². The summed E-state index contributed by atoms with van der Waals surface area (Å²) in [6.45, 7) is 5.29. The maximum atomic E-state index is 13.1. The van der Waals surface area contributed by atoms with Crippen LogP contribution < -0.4 is 5.32 Å². The minimum Gasteiger partial charge on any atom is -0.383 e. The minimum absolute atomic E-state index is 0.0139. The van der Waals surface area contributed by atoms with Gasteiger partial charge in [0.15, 0.2) is 5.13 Å². The van der Waals surface area contributed by atoms with Gasteiger partial charge in [-0.25, -0.2) is 4.98 Å². The summed E-state index contributed by atoms with van der Waals surface area (Å²) in [5.41, 5.74) is 0.796. The van der Waals surface area contributed by atoms with Gasteiger partial charge < -0.3 is 19.9 Å². The van der Waals surface area contributed by atoms with E-state index in [-0.39, 0.29) is 17.2 Å². The highest BCUT2D eigenvalue weighted by Gasteiger charge is 2.43. The normalized spacial score (nSPS) is 23.6. The molecule has 1 atom stereocenters. The highest BCUT2D eigenvalue weighted by Crippen LogP contribution is 2.39. The predicted molar refractivity (Wildman–Crippen MR) is 102 cm³/mol. The van der Waals surface area contributed by atoms with E-state index in [4.69, 9.17) is 4.74 Å². The molecule has 26 heavy (non-hydrogen) atoms. The monoisotopic (exact) mass is 380 g/mol. The molecule has 0 aromatic carbocycles. The van der Waals surface area contributed by atoms with Crippen LogP contribution >= 0.6 is 11.3 Å². The highest BCUT2D eigenvalue weighted by atomic mass is 32.1. The number of hydrogen-bond donors (Lipinski definition) is 1. The Balaban J connectivity index is 1.72. The van der Waals surface area contributed by atoms with E-state index in [9.17, 15) is 9.59 Å². The largest absolute Gasteiger partial charge is 0.383 e. The number of amides is 2.